The number of halogens is 4. The number of alkyl halides is 3. The molecule has 1 aliphatic rings. The SMILES string of the molecule is Cc1ccc(C(=O)Nc2ccc(CN3CCN(C)CC3)c(C(F)(F)F)c2)cc1C#Cc1ccc(Cl)nn1. The Morgan fingerprint density at radius 3 is 2.46 bits per heavy atom. The van der Waals surface area contributed by atoms with Crippen molar-refractivity contribution in [3.63, 3.8) is 0 Å². The molecule has 6 nitrogen and oxygen atoms in total. The lowest BCUT2D eigenvalue weighted by Crippen LogP contribution is -2.44. The van der Waals surface area contributed by atoms with Crippen LogP contribution in [0.25, 0.3) is 0 Å². The molecule has 192 valence electrons. The van der Waals surface area contributed by atoms with Gasteiger partial charge in [0, 0.05) is 49.5 Å². The summed E-state index contributed by atoms with van der Waals surface area (Å²) in [5.74, 6) is 5.29. The molecule has 0 saturated carbocycles. The van der Waals surface area contributed by atoms with E-state index in [-0.39, 0.29) is 28.5 Å². The molecule has 1 aliphatic heterocycles. The van der Waals surface area contributed by atoms with E-state index in [0.29, 0.717) is 24.3 Å². The molecule has 1 fully saturated rings. The first kappa shape index (κ1) is 26.6. The number of aryl methyl sites for hydroxylation is 1. The Labute approximate surface area is 218 Å². The predicted octanol–water partition coefficient (Wildman–Crippen LogP) is 4.86. The zero-order chi connectivity index (χ0) is 26.6. The Kier molecular flexibility index (Phi) is 8.13. The number of carbonyl (C=O) groups excluding carboxylic acids is 1. The number of benzene rings is 2. The third-order valence-corrected chi connectivity index (χ3v) is 6.32. The summed E-state index contributed by atoms with van der Waals surface area (Å²) in [4.78, 5) is 17.0. The van der Waals surface area contributed by atoms with E-state index in [1.807, 2.05) is 18.9 Å². The average molecular weight is 528 g/mol. The molecule has 0 spiro atoms. The molecular formula is C27H25ClF3N5O. The van der Waals surface area contributed by atoms with Crippen LogP contribution in [0.2, 0.25) is 5.15 Å². The lowest BCUT2D eigenvalue weighted by atomic mass is 10.0. The second-order valence-corrected chi connectivity index (χ2v) is 9.31. The van der Waals surface area contributed by atoms with Crippen molar-refractivity contribution in [3.8, 4) is 11.8 Å². The maximum Gasteiger partial charge on any atom is 0.416 e. The third kappa shape index (κ3) is 7.07. The number of hydrogen-bond acceptors (Lipinski definition) is 5. The first-order valence-corrected chi connectivity index (χ1v) is 12.0. The van der Waals surface area contributed by atoms with Crippen LogP contribution in [0.3, 0.4) is 0 Å². The molecule has 0 aliphatic carbocycles. The fourth-order valence-electron chi connectivity index (χ4n) is 3.92. The minimum atomic E-state index is -4.54. The Bertz CT molecular complexity index is 1340. The minimum absolute atomic E-state index is 0.0732. The Morgan fingerprint density at radius 2 is 1.78 bits per heavy atom. The molecule has 2 aromatic carbocycles. The normalized spacial score (nSPS) is 14.6. The van der Waals surface area contributed by atoms with E-state index < -0.39 is 17.6 Å². The van der Waals surface area contributed by atoms with Gasteiger partial charge in [0.25, 0.3) is 5.91 Å². The van der Waals surface area contributed by atoms with Gasteiger partial charge in [-0.25, -0.2) is 0 Å². The molecule has 1 amide bonds. The number of piperazine rings is 1. The highest BCUT2D eigenvalue weighted by Gasteiger charge is 2.34. The van der Waals surface area contributed by atoms with Gasteiger partial charge >= 0.3 is 6.18 Å². The van der Waals surface area contributed by atoms with Crippen LogP contribution < -0.4 is 5.32 Å². The molecule has 0 atom stereocenters. The van der Waals surface area contributed by atoms with E-state index in [4.69, 9.17) is 11.6 Å². The largest absolute Gasteiger partial charge is 0.416 e. The van der Waals surface area contributed by atoms with Crippen molar-refractivity contribution in [1.82, 2.24) is 20.0 Å². The molecule has 37 heavy (non-hydrogen) atoms. The topological polar surface area (TPSA) is 61.4 Å². The van der Waals surface area contributed by atoms with E-state index in [0.717, 1.165) is 24.7 Å². The second kappa shape index (κ2) is 11.3. The summed E-state index contributed by atoms with van der Waals surface area (Å²) in [6.07, 6.45) is -4.54. The molecule has 10 heteroatoms. The summed E-state index contributed by atoms with van der Waals surface area (Å²) in [5, 5.41) is 10.5. The fourth-order valence-corrected chi connectivity index (χ4v) is 4.02. The average Bonchev–Trinajstić information content (AvgIpc) is 2.86. The standard InChI is InChI=1S/C27H25ClF3N5O/c1-18-3-4-20(15-19(18)5-7-22-9-10-25(28)34-33-22)26(37)32-23-8-6-21(24(16-23)27(29,30)31)17-36-13-11-35(2)12-14-36/h3-4,6,8-10,15-16H,11-14,17H2,1-2H3,(H,32,37). The van der Waals surface area contributed by atoms with E-state index in [1.165, 1.54) is 12.1 Å². The number of nitrogens with zero attached hydrogens (tertiary/aromatic N) is 4. The first-order chi connectivity index (χ1) is 17.6. The van der Waals surface area contributed by atoms with Crippen molar-refractivity contribution < 1.29 is 18.0 Å². The summed E-state index contributed by atoms with van der Waals surface area (Å²) in [6.45, 7) is 5.07. The van der Waals surface area contributed by atoms with Gasteiger partial charge in [0.1, 0.15) is 5.69 Å². The van der Waals surface area contributed by atoms with Crippen molar-refractivity contribution in [3.05, 3.63) is 87.2 Å². The van der Waals surface area contributed by atoms with Crippen LogP contribution in [0, 0.1) is 18.8 Å². The molecule has 4 rings (SSSR count). The number of aromatic nitrogens is 2. The van der Waals surface area contributed by atoms with Gasteiger partial charge in [-0.05, 0) is 67.4 Å². The molecule has 2 heterocycles. The molecule has 0 bridgehead atoms. The van der Waals surface area contributed by atoms with Crippen molar-refractivity contribution in [1.29, 1.82) is 0 Å². The number of nitrogens with one attached hydrogen (secondary N) is 1. The van der Waals surface area contributed by atoms with Crippen LogP contribution in [-0.4, -0.2) is 59.1 Å². The Morgan fingerprint density at radius 1 is 1.03 bits per heavy atom. The number of carbonyl (C=O) groups is 1. The molecule has 1 saturated heterocycles. The second-order valence-electron chi connectivity index (χ2n) is 8.92. The summed E-state index contributed by atoms with van der Waals surface area (Å²) >= 11 is 5.74. The summed E-state index contributed by atoms with van der Waals surface area (Å²) < 4.78 is 41.6. The van der Waals surface area contributed by atoms with E-state index in [9.17, 15) is 18.0 Å². The molecule has 1 N–H and O–H groups in total. The Balaban J connectivity index is 1.52. The smallest absolute Gasteiger partial charge is 0.322 e. The predicted molar refractivity (Wildman–Crippen MR) is 136 cm³/mol. The van der Waals surface area contributed by atoms with Crippen LogP contribution in [0.1, 0.15) is 38.3 Å². The van der Waals surface area contributed by atoms with Gasteiger partial charge in [-0.3, -0.25) is 9.69 Å². The summed E-state index contributed by atoms with van der Waals surface area (Å²) in [7, 11) is 1.99. The number of anilines is 1. The van der Waals surface area contributed by atoms with Crippen LogP contribution in [0.5, 0.6) is 0 Å². The Hall–Kier alpha value is -3.45. The lowest BCUT2D eigenvalue weighted by Gasteiger charge is -2.33. The number of rotatable bonds is 4. The number of amides is 1. The van der Waals surface area contributed by atoms with Gasteiger partial charge in [-0.1, -0.05) is 29.7 Å². The van der Waals surface area contributed by atoms with Crippen LogP contribution in [0.4, 0.5) is 18.9 Å². The zero-order valence-corrected chi connectivity index (χ0v) is 21.1. The highest BCUT2D eigenvalue weighted by Crippen LogP contribution is 2.34. The summed E-state index contributed by atoms with van der Waals surface area (Å²) in [5.41, 5.74) is 1.62. The maximum atomic E-state index is 13.9. The van der Waals surface area contributed by atoms with Gasteiger partial charge in [0.05, 0.1) is 5.56 Å². The zero-order valence-electron chi connectivity index (χ0n) is 20.4. The number of hydrogen-bond donors (Lipinski definition) is 1. The monoisotopic (exact) mass is 527 g/mol. The van der Waals surface area contributed by atoms with Crippen LogP contribution in [-0.2, 0) is 12.7 Å². The molecule has 1 aromatic heterocycles. The molecule has 3 aromatic rings. The van der Waals surface area contributed by atoms with Gasteiger partial charge < -0.3 is 10.2 Å². The van der Waals surface area contributed by atoms with E-state index in [1.54, 1.807) is 30.3 Å². The minimum Gasteiger partial charge on any atom is -0.322 e. The van der Waals surface area contributed by atoms with Gasteiger partial charge in [0.15, 0.2) is 5.15 Å². The van der Waals surface area contributed by atoms with Gasteiger partial charge in [-0.2, -0.15) is 13.2 Å². The van der Waals surface area contributed by atoms with Gasteiger partial charge in [-0.15, -0.1) is 10.2 Å². The maximum absolute atomic E-state index is 13.9. The fraction of sp³-hybridized carbons (Fsp3) is 0.296. The quantitative estimate of drug-likeness (QED) is 0.491. The lowest BCUT2D eigenvalue weighted by molar-refractivity contribution is -0.138. The summed E-state index contributed by atoms with van der Waals surface area (Å²) in [6, 6.07) is 12.1. The van der Waals surface area contributed by atoms with Crippen molar-refractivity contribution in [2.24, 2.45) is 0 Å². The van der Waals surface area contributed by atoms with Crippen molar-refractivity contribution >= 4 is 23.2 Å². The molecular weight excluding hydrogens is 503 g/mol. The highest BCUT2D eigenvalue weighted by molar-refractivity contribution is 6.29. The van der Waals surface area contributed by atoms with E-state index >= 15 is 0 Å². The third-order valence-electron chi connectivity index (χ3n) is 6.12. The molecule has 0 unspecified atom stereocenters. The molecule has 0 radical (unpaired) electrons. The van der Waals surface area contributed by atoms with Crippen molar-refractivity contribution in [2.75, 3.05) is 38.5 Å². The first-order valence-electron chi connectivity index (χ1n) is 11.6. The van der Waals surface area contributed by atoms with E-state index in [2.05, 4.69) is 32.3 Å². The van der Waals surface area contributed by atoms with Crippen LogP contribution in [0.15, 0.2) is 48.5 Å². The van der Waals surface area contributed by atoms with Crippen molar-refractivity contribution in [2.45, 2.75) is 19.6 Å². The van der Waals surface area contributed by atoms with Crippen LogP contribution >= 0.6 is 11.6 Å². The van der Waals surface area contributed by atoms with Gasteiger partial charge in [0.2, 0.25) is 0 Å². The number of likely N-dealkylation sites (N-methyl/N-ethyl adjacent to an activating group) is 1. The highest BCUT2D eigenvalue weighted by atomic mass is 35.5.